The molecular formula is C15H19ClN2OS. The summed E-state index contributed by atoms with van der Waals surface area (Å²) in [4.78, 5) is 14.6. The van der Waals surface area contributed by atoms with E-state index < -0.39 is 0 Å². The van der Waals surface area contributed by atoms with Crippen LogP contribution in [-0.4, -0.2) is 30.4 Å². The molecule has 1 aromatic heterocycles. The normalized spacial score (nSPS) is 22.0. The molecule has 3 nitrogen and oxygen atoms in total. The van der Waals surface area contributed by atoms with Crippen LogP contribution in [0.4, 0.5) is 0 Å². The lowest BCUT2D eigenvalue weighted by molar-refractivity contribution is 0.0779. The van der Waals surface area contributed by atoms with Crippen LogP contribution in [-0.2, 0) is 0 Å². The smallest absolute Gasteiger partial charge is 0.255 e. The van der Waals surface area contributed by atoms with Gasteiger partial charge in [-0.25, -0.2) is 0 Å². The SMILES string of the molecule is CC1(CN)CCN(C(=O)c2csc3ccccc23)C1.Cl. The molecule has 2 heterocycles. The molecule has 0 radical (unpaired) electrons. The maximum Gasteiger partial charge on any atom is 0.255 e. The van der Waals surface area contributed by atoms with Crippen molar-refractivity contribution in [2.75, 3.05) is 19.6 Å². The lowest BCUT2D eigenvalue weighted by atomic mass is 9.90. The van der Waals surface area contributed by atoms with E-state index in [0.717, 1.165) is 30.5 Å². The molecule has 5 heteroatoms. The van der Waals surface area contributed by atoms with Crippen molar-refractivity contribution in [1.82, 2.24) is 4.90 Å². The first-order chi connectivity index (χ1) is 9.13. The van der Waals surface area contributed by atoms with E-state index in [1.54, 1.807) is 11.3 Å². The van der Waals surface area contributed by atoms with E-state index in [9.17, 15) is 4.79 Å². The first-order valence-electron chi connectivity index (χ1n) is 6.58. The number of carbonyl (C=O) groups excluding carboxylic acids is 1. The first-order valence-corrected chi connectivity index (χ1v) is 7.46. The van der Waals surface area contributed by atoms with E-state index in [1.165, 1.54) is 4.70 Å². The summed E-state index contributed by atoms with van der Waals surface area (Å²) in [5.41, 5.74) is 6.72. The lowest BCUT2D eigenvalue weighted by Crippen LogP contribution is -2.34. The molecule has 2 N–H and O–H groups in total. The van der Waals surface area contributed by atoms with E-state index in [4.69, 9.17) is 5.73 Å². The molecule has 0 aliphatic carbocycles. The van der Waals surface area contributed by atoms with Gasteiger partial charge in [-0.2, -0.15) is 0 Å². The van der Waals surface area contributed by atoms with Gasteiger partial charge >= 0.3 is 0 Å². The van der Waals surface area contributed by atoms with Crippen molar-refractivity contribution in [3.05, 3.63) is 35.2 Å². The number of amides is 1. The Labute approximate surface area is 129 Å². The molecule has 0 saturated carbocycles. The number of carbonyl (C=O) groups is 1. The molecule has 1 aromatic carbocycles. The molecule has 1 unspecified atom stereocenters. The van der Waals surface area contributed by atoms with Crippen molar-refractivity contribution in [1.29, 1.82) is 0 Å². The number of fused-ring (bicyclic) bond motifs is 1. The Hall–Kier alpha value is -1.10. The third-order valence-electron chi connectivity index (χ3n) is 4.05. The molecule has 0 bridgehead atoms. The molecule has 2 aromatic rings. The van der Waals surface area contributed by atoms with Crippen LogP contribution >= 0.6 is 23.7 Å². The second kappa shape index (κ2) is 5.72. The van der Waals surface area contributed by atoms with Gasteiger partial charge in [-0.1, -0.05) is 25.1 Å². The highest BCUT2D eigenvalue weighted by Gasteiger charge is 2.35. The monoisotopic (exact) mass is 310 g/mol. The molecular weight excluding hydrogens is 292 g/mol. The number of hydrogen-bond donors (Lipinski definition) is 1. The number of benzene rings is 1. The Morgan fingerprint density at radius 2 is 2.20 bits per heavy atom. The summed E-state index contributed by atoms with van der Waals surface area (Å²) in [5.74, 6) is 0.148. The van der Waals surface area contributed by atoms with E-state index in [1.807, 2.05) is 28.5 Å². The molecule has 20 heavy (non-hydrogen) atoms. The van der Waals surface area contributed by atoms with E-state index in [0.29, 0.717) is 6.54 Å². The van der Waals surface area contributed by atoms with Crippen LogP contribution in [0.1, 0.15) is 23.7 Å². The van der Waals surface area contributed by atoms with Crippen LogP contribution in [0.2, 0.25) is 0 Å². The predicted molar refractivity (Wildman–Crippen MR) is 86.8 cm³/mol. The quantitative estimate of drug-likeness (QED) is 0.926. The van der Waals surface area contributed by atoms with E-state index >= 15 is 0 Å². The number of likely N-dealkylation sites (tertiary alicyclic amines) is 1. The van der Waals surface area contributed by atoms with Crippen molar-refractivity contribution in [3.63, 3.8) is 0 Å². The van der Waals surface area contributed by atoms with Gasteiger partial charge in [0.05, 0.1) is 5.56 Å². The first kappa shape index (κ1) is 15.3. The standard InChI is InChI=1S/C15H18N2OS.ClH/c1-15(9-16)6-7-17(10-15)14(18)12-8-19-13-5-3-2-4-11(12)13;/h2-5,8H,6-7,9-10,16H2,1H3;1H. The molecule has 1 aliphatic heterocycles. The van der Waals surface area contributed by atoms with Crippen molar-refractivity contribution in [2.24, 2.45) is 11.1 Å². The Morgan fingerprint density at radius 1 is 1.45 bits per heavy atom. The van der Waals surface area contributed by atoms with Gasteiger partial charge in [0.25, 0.3) is 5.91 Å². The third-order valence-corrected chi connectivity index (χ3v) is 5.01. The van der Waals surface area contributed by atoms with Gasteiger partial charge in [0.15, 0.2) is 0 Å². The largest absolute Gasteiger partial charge is 0.338 e. The summed E-state index contributed by atoms with van der Waals surface area (Å²) in [6.45, 7) is 4.39. The van der Waals surface area contributed by atoms with Crippen LogP contribution in [0, 0.1) is 5.41 Å². The summed E-state index contributed by atoms with van der Waals surface area (Å²) < 4.78 is 1.17. The molecule has 0 spiro atoms. The van der Waals surface area contributed by atoms with E-state index in [2.05, 4.69) is 13.0 Å². The Morgan fingerprint density at radius 3 is 2.90 bits per heavy atom. The molecule has 1 atom stereocenters. The Kier molecular flexibility index (Phi) is 4.37. The number of halogens is 1. The molecule has 1 amide bonds. The number of nitrogens with zero attached hydrogens (tertiary/aromatic N) is 1. The van der Waals surface area contributed by atoms with Crippen LogP contribution in [0.5, 0.6) is 0 Å². The summed E-state index contributed by atoms with van der Waals surface area (Å²) in [7, 11) is 0. The predicted octanol–water partition coefficient (Wildman–Crippen LogP) is 3.13. The highest BCUT2D eigenvalue weighted by atomic mass is 35.5. The van der Waals surface area contributed by atoms with Crippen LogP contribution in [0.15, 0.2) is 29.6 Å². The molecule has 1 saturated heterocycles. The van der Waals surface area contributed by atoms with Gasteiger partial charge in [0.1, 0.15) is 0 Å². The van der Waals surface area contributed by atoms with Gasteiger partial charge in [0, 0.05) is 28.6 Å². The topological polar surface area (TPSA) is 46.3 Å². The van der Waals surface area contributed by atoms with Crippen LogP contribution in [0.25, 0.3) is 10.1 Å². The summed E-state index contributed by atoms with van der Waals surface area (Å²) >= 11 is 1.63. The number of nitrogens with two attached hydrogens (primary N) is 1. The van der Waals surface area contributed by atoms with Crippen LogP contribution in [0.3, 0.4) is 0 Å². The minimum atomic E-state index is 0. The average Bonchev–Trinajstić information content (AvgIpc) is 3.03. The molecule has 1 aliphatic rings. The second-order valence-corrected chi connectivity index (χ2v) is 6.55. The zero-order valence-electron chi connectivity index (χ0n) is 11.5. The summed E-state index contributed by atoms with van der Waals surface area (Å²) in [6, 6.07) is 8.08. The summed E-state index contributed by atoms with van der Waals surface area (Å²) in [5, 5.41) is 3.05. The van der Waals surface area contributed by atoms with Gasteiger partial charge < -0.3 is 10.6 Å². The minimum absolute atomic E-state index is 0. The zero-order valence-corrected chi connectivity index (χ0v) is 13.1. The Bertz CT molecular complexity index is 627. The highest BCUT2D eigenvalue weighted by molar-refractivity contribution is 7.17. The highest BCUT2D eigenvalue weighted by Crippen LogP contribution is 2.32. The molecule has 108 valence electrons. The van der Waals surface area contributed by atoms with Crippen molar-refractivity contribution in [2.45, 2.75) is 13.3 Å². The minimum Gasteiger partial charge on any atom is -0.338 e. The maximum absolute atomic E-state index is 12.6. The van der Waals surface area contributed by atoms with Crippen molar-refractivity contribution in [3.8, 4) is 0 Å². The van der Waals surface area contributed by atoms with Crippen molar-refractivity contribution < 1.29 is 4.79 Å². The van der Waals surface area contributed by atoms with Gasteiger partial charge in [-0.05, 0) is 24.4 Å². The maximum atomic E-state index is 12.6. The number of hydrogen-bond acceptors (Lipinski definition) is 3. The van der Waals surface area contributed by atoms with Crippen LogP contribution < -0.4 is 5.73 Å². The number of rotatable bonds is 2. The lowest BCUT2D eigenvalue weighted by Gasteiger charge is -2.22. The van der Waals surface area contributed by atoms with Gasteiger partial charge in [-0.3, -0.25) is 4.79 Å². The van der Waals surface area contributed by atoms with Gasteiger partial charge in [-0.15, -0.1) is 23.7 Å². The average molecular weight is 311 g/mol. The number of thiophene rings is 1. The molecule has 3 rings (SSSR count). The fourth-order valence-corrected chi connectivity index (χ4v) is 3.61. The van der Waals surface area contributed by atoms with Crippen molar-refractivity contribution >= 4 is 39.7 Å². The summed E-state index contributed by atoms with van der Waals surface area (Å²) in [6.07, 6.45) is 0.997. The second-order valence-electron chi connectivity index (χ2n) is 5.64. The Balaban J connectivity index is 0.00000147. The third kappa shape index (κ3) is 2.55. The zero-order chi connectivity index (χ0) is 13.5. The molecule has 1 fully saturated rings. The fraction of sp³-hybridized carbons (Fsp3) is 0.400. The fourth-order valence-electron chi connectivity index (χ4n) is 2.68. The van der Waals surface area contributed by atoms with Gasteiger partial charge in [0.2, 0.25) is 0 Å². The van der Waals surface area contributed by atoms with E-state index in [-0.39, 0.29) is 23.7 Å².